The second kappa shape index (κ2) is 7.87. The number of carbonyl (C=O) groups is 1. The largest absolute Gasteiger partial charge is 0.400 e. The first-order valence-corrected chi connectivity index (χ1v) is 9.74. The zero-order chi connectivity index (χ0) is 15.8. The molecular formula is C19H22O2Si. The lowest BCUT2D eigenvalue weighted by Gasteiger charge is -2.32. The molecule has 0 atom stereocenters. The van der Waals surface area contributed by atoms with E-state index in [1.54, 1.807) is 0 Å². The molecule has 0 N–H and O–H groups in total. The minimum absolute atomic E-state index is 0.0696. The van der Waals surface area contributed by atoms with Gasteiger partial charge in [-0.2, -0.15) is 0 Å². The molecule has 0 aliphatic heterocycles. The van der Waals surface area contributed by atoms with Crippen LogP contribution in [0.1, 0.15) is 13.3 Å². The fourth-order valence-electron chi connectivity index (χ4n) is 2.71. The highest BCUT2D eigenvalue weighted by Gasteiger charge is 2.38. The molecule has 0 saturated heterocycles. The Morgan fingerprint density at radius 2 is 1.55 bits per heavy atom. The van der Waals surface area contributed by atoms with Crippen molar-refractivity contribution in [1.82, 2.24) is 0 Å². The molecule has 0 aliphatic rings. The third-order valence-corrected chi connectivity index (χ3v) is 8.14. The fourth-order valence-corrected chi connectivity index (χ4v) is 6.66. The maximum Gasteiger partial charge on any atom is 0.256 e. The van der Waals surface area contributed by atoms with Crippen molar-refractivity contribution >= 4 is 24.5 Å². The SMILES string of the molecule is C=CC(=O)CO[Si](CCC)(c1ccccc1)c1ccccc1. The van der Waals surface area contributed by atoms with Crippen LogP contribution < -0.4 is 10.4 Å². The third-order valence-electron chi connectivity index (χ3n) is 3.77. The summed E-state index contributed by atoms with van der Waals surface area (Å²) < 4.78 is 6.31. The first-order valence-electron chi connectivity index (χ1n) is 7.63. The van der Waals surface area contributed by atoms with Crippen molar-refractivity contribution in [2.24, 2.45) is 0 Å². The van der Waals surface area contributed by atoms with E-state index in [-0.39, 0.29) is 12.4 Å². The van der Waals surface area contributed by atoms with Crippen molar-refractivity contribution in [2.75, 3.05) is 6.61 Å². The number of benzene rings is 2. The molecule has 0 aliphatic carbocycles. The van der Waals surface area contributed by atoms with E-state index in [0.29, 0.717) is 0 Å². The summed E-state index contributed by atoms with van der Waals surface area (Å²) in [5.74, 6) is -0.0696. The van der Waals surface area contributed by atoms with E-state index >= 15 is 0 Å². The smallest absolute Gasteiger partial charge is 0.256 e. The first-order chi connectivity index (χ1) is 10.7. The van der Waals surface area contributed by atoms with Gasteiger partial charge in [-0.1, -0.05) is 80.6 Å². The summed E-state index contributed by atoms with van der Waals surface area (Å²) >= 11 is 0. The summed E-state index contributed by atoms with van der Waals surface area (Å²) in [6, 6.07) is 21.6. The summed E-state index contributed by atoms with van der Waals surface area (Å²) in [5.41, 5.74) is 0. The Morgan fingerprint density at radius 3 is 1.95 bits per heavy atom. The molecule has 0 heterocycles. The highest BCUT2D eigenvalue weighted by molar-refractivity contribution is 6.97. The molecular weight excluding hydrogens is 288 g/mol. The Bertz CT molecular complexity index is 568. The van der Waals surface area contributed by atoms with Crippen LogP contribution in [0.2, 0.25) is 6.04 Å². The molecule has 3 heteroatoms. The molecule has 0 unspecified atom stereocenters. The van der Waals surface area contributed by atoms with Crippen LogP contribution in [0.4, 0.5) is 0 Å². The minimum atomic E-state index is -2.40. The van der Waals surface area contributed by atoms with Gasteiger partial charge in [0.1, 0.15) is 0 Å². The minimum Gasteiger partial charge on any atom is -0.400 e. The van der Waals surface area contributed by atoms with Crippen LogP contribution in [-0.4, -0.2) is 20.7 Å². The van der Waals surface area contributed by atoms with E-state index < -0.39 is 8.32 Å². The van der Waals surface area contributed by atoms with Crippen molar-refractivity contribution in [3.8, 4) is 0 Å². The second-order valence-electron chi connectivity index (χ2n) is 5.27. The van der Waals surface area contributed by atoms with Crippen LogP contribution in [0.25, 0.3) is 0 Å². The van der Waals surface area contributed by atoms with Gasteiger partial charge in [0.15, 0.2) is 5.78 Å². The summed E-state index contributed by atoms with van der Waals surface area (Å²) in [6.07, 6.45) is 2.35. The molecule has 2 aromatic rings. The highest BCUT2D eigenvalue weighted by atomic mass is 28.4. The Kier molecular flexibility index (Phi) is 5.87. The summed E-state index contributed by atoms with van der Waals surface area (Å²) in [7, 11) is -2.40. The van der Waals surface area contributed by atoms with E-state index in [4.69, 9.17) is 4.43 Å². The number of ketones is 1. The molecule has 2 rings (SSSR count). The molecule has 2 nitrogen and oxygen atoms in total. The molecule has 0 fully saturated rings. The Balaban J connectivity index is 2.49. The van der Waals surface area contributed by atoms with Crippen molar-refractivity contribution in [1.29, 1.82) is 0 Å². The molecule has 0 bridgehead atoms. The van der Waals surface area contributed by atoms with Crippen molar-refractivity contribution in [3.63, 3.8) is 0 Å². The molecule has 2 aromatic carbocycles. The monoisotopic (exact) mass is 310 g/mol. The quantitative estimate of drug-likeness (QED) is 0.553. The van der Waals surface area contributed by atoms with Crippen molar-refractivity contribution in [2.45, 2.75) is 19.4 Å². The fraction of sp³-hybridized carbons (Fsp3) is 0.211. The zero-order valence-corrected chi connectivity index (χ0v) is 14.0. The third kappa shape index (κ3) is 3.61. The topological polar surface area (TPSA) is 26.3 Å². The predicted molar refractivity (Wildman–Crippen MR) is 94.2 cm³/mol. The van der Waals surface area contributed by atoms with Gasteiger partial charge in [-0.15, -0.1) is 0 Å². The predicted octanol–water partition coefficient (Wildman–Crippen LogP) is 2.93. The number of hydrogen-bond donors (Lipinski definition) is 0. The van der Waals surface area contributed by atoms with Crippen molar-refractivity contribution < 1.29 is 9.22 Å². The standard InChI is InChI=1S/C19H22O2Si/c1-3-15-22(21-16-17(20)4-2,18-11-7-5-8-12-18)19-13-9-6-10-14-19/h4-14H,2-3,15-16H2,1H3. The van der Waals surface area contributed by atoms with Crippen LogP contribution >= 0.6 is 0 Å². The molecule has 0 radical (unpaired) electrons. The molecule has 0 aromatic heterocycles. The second-order valence-corrected chi connectivity index (χ2v) is 8.87. The highest BCUT2D eigenvalue weighted by Crippen LogP contribution is 2.16. The van der Waals surface area contributed by atoms with Gasteiger partial charge in [0, 0.05) is 0 Å². The number of rotatable bonds is 8. The van der Waals surface area contributed by atoms with Crippen LogP contribution in [0.15, 0.2) is 73.3 Å². The Hall–Kier alpha value is -1.97. The van der Waals surface area contributed by atoms with E-state index in [9.17, 15) is 4.79 Å². The molecule has 0 saturated carbocycles. The van der Waals surface area contributed by atoms with E-state index in [2.05, 4.69) is 37.8 Å². The van der Waals surface area contributed by atoms with Gasteiger partial charge in [0.2, 0.25) is 0 Å². The van der Waals surface area contributed by atoms with Crippen LogP contribution in [0, 0.1) is 0 Å². The van der Waals surface area contributed by atoms with E-state index in [1.807, 2.05) is 36.4 Å². The van der Waals surface area contributed by atoms with Crippen molar-refractivity contribution in [3.05, 3.63) is 73.3 Å². The van der Waals surface area contributed by atoms with Gasteiger partial charge in [-0.25, -0.2) is 0 Å². The van der Waals surface area contributed by atoms with Gasteiger partial charge in [-0.3, -0.25) is 4.79 Å². The van der Waals surface area contributed by atoms with Gasteiger partial charge in [0.25, 0.3) is 8.32 Å². The van der Waals surface area contributed by atoms with E-state index in [1.165, 1.54) is 16.4 Å². The molecule has 114 valence electrons. The molecule has 22 heavy (non-hydrogen) atoms. The van der Waals surface area contributed by atoms with Crippen LogP contribution in [-0.2, 0) is 9.22 Å². The lowest BCUT2D eigenvalue weighted by atomic mass is 10.4. The lowest BCUT2D eigenvalue weighted by Crippen LogP contribution is -2.61. The van der Waals surface area contributed by atoms with Crippen LogP contribution in [0.3, 0.4) is 0 Å². The van der Waals surface area contributed by atoms with Crippen LogP contribution in [0.5, 0.6) is 0 Å². The zero-order valence-electron chi connectivity index (χ0n) is 13.0. The van der Waals surface area contributed by atoms with E-state index in [0.717, 1.165) is 12.5 Å². The average Bonchev–Trinajstić information content (AvgIpc) is 2.60. The van der Waals surface area contributed by atoms with Gasteiger partial charge in [0.05, 0.1) is 6.61 Å². The maximum atomic E-state index is 11.7. The number of hydrogen-bond acceptors (Lipinski definition) is 2. The summed E-state index contributed by atoms with van der Waals surface area (Å²) in [5, 5.41) is 2.42. The van der Waals surface area contributed by atoms with Gasteiger partial charge >= 0.3 is 0 Å². The maximum absolute atomic E-state index is 11.7. The van der Waals surface area contributed by atoms with Gasteiger partial charge < -0.3 is 4.43 Å². The first kappa shape index (κ1) is 16.4. The molecule has 0 spiro atoms. The Morgan fingerprint density at radius 1 is 1.05 bits per heavy atom. The Labute approximate surface area is 133 Å². The number of carbonyl (C=O) groups excluding carboxylic acids is 1. The lowest BCUT2D eigenvalue weighted by molar-refractivity contribution is -0.116. The normalized spacial score (nSPS) is 11.1. The summed E-state index contributed by atoms with van der Waals surface area (Å²) in [6.45, 7) is 5.79. The molecule has 0 amide bonds. The van der Waals surface area contributed by atoms with Gasteiger partial charge in [-0.05, 0) is 22.5 Å². The average molecular weight is 310 g/mol. The summed E-state index contributed by atoms with van der Waals surface area (Å²) in [4.78, 5) is 11.7.